The van der Waals surface area contributed by atoms with Crippen LogP contribution in [0, 0.1) is 5.92 Å². The molecule has 3 fully saturated rings. The molecule has 0 aromatic heterocycles. The third-order valence-corrected chi connectivity index (χ3v) is 6.14. The lowest BCUT2D eigenvalue weighted by molar-refractivity contribution is -0.299. The monoisotopic (exact) mass is 438 g/mol. The van der Waals surface area contributed by atoms with E-state index in [-0.39, 0.29) is 12.2 Å². The summed E-state index contributed by atoms with van der Waals surface area (Å²) in [4.78, 5) is 24.3. The molecule has 31 heavy (non-hydrogen) atoms. The van der Waals surface area contributed by atoms with E-state index in [2.05, 4.69) is 6.58 Å². The highest BCUT2D eigenvalue weighted by atomic mass is 16.7. The minimum absolute atomic E-state index is 0.0292. The van der Waals surface area contributed by atoms with Crippen LogP contribution in [0.15, 0.2) is 35.5 Å². The van der Waals surface area contributed by atoms with E-state index in [1.807, 2.05) is 0 Å². The summed E-state index contributed by atoms with van der Waals surface area (Å²) in [6, 6.07) is 0. The maximum absolute atomic E-state index is 12.1. The van der Waals surface area contributed by atoms with E-state index in [0.717, 1.165) is 5.57 Å². The summed E-state index contributed by atoms with van der Waals surface area (Å²) in [6.45, 7) is 3.21. The van der Waals surface area contributed by atoms with E-state index >= 15 is 0 Å². The molecule has 0 aromatic rings. The number of aliphatic hydroxyl groups is 4. The van der Waals surface area contributed by atoms with Crippen LogP contribution in [0.4, 0.5) is 0 Å². The highest BCUT2D eigenvalue weighted by molar-refractivity contribution is 5.93. The van der Waals surface area contributed by atoms with Crippen LogP contribution in [0.25, 0.3) is 0 Å². The third-order valence-electron chi connectivity index (χ3n) is 6.14. The van der Waals surface area contributed by atoms with Gasteiger partial charge in [0.25, 0.3) is 0 Å². The van der Waals surface area contributed by atoms with E-state index < -0.39 is 67.4 Å². The van der Waals surface area contributed by atoms with Gasteiger partial charge < -0.3 is 39.4 Å². The first-order chi connectivity index (χ1) is 14.8. The van der Waals surface area contributed by atoms with Crippen LogP contribution in [0.5, 0.6) is 0 Å². The number of hydrogen-bond acceptors (Lipinski definition) is 10. The SMILES string of the molecule is C=C1C(=O)O[C@@H]2/C=C(/CO[C@@H]3O[C@H](CO)[C@@H](O)[C@H](O)[C@H]3O)CC/C=C3/C[C@H](OC3=O)[C@@H]12. The Kier molecular flexibility index (Phi) is 6.29. The van der Waals surface area contributed by atoms with E-state index in [1.54, 1.807) is 12.2 Å². The molecule has 1 aliphatic carbocycles. The predicted octanol–water partition coefficient (Wildman–Crippen LogP) is -1.14. The second-order valence-electron chi connectivity index (χ2n) is 8.17. The molecule has 4 aliphatic rings. The van der Waals surface area contributed by atoms with Gasteiger partial charge in [-0.25, -0.2) is 9.59 Å². The molecule has 3 aliphatic heterocycles. The number of carbonyl (C=O) groups excluding carboxylic acids is 2. The van der Waals surface area contributed by atoms with Crippen molar-refractivity contribution in [2.45, 2.75) is 62.2 Å². The minimum atomic E-state index is -1.54. The average Bonchev–Trinajstić information content (AvgIpc) is 3.23. The fourth-order valence-electron chi connectivity index (χ4n) is 4.36. The molecule has 170 valence electrons. The number of hydrogen-bond donors (Lipinski definition) is 4. The second kappa shape index (κ2) is 8.81. The lowest BCUT2D eigenvalue weighted by atomic mass is 9.86. The van der Waals surface area contributed by atoms with Crippen molar-refractivity contribution in [3.05, 3.63) is 35.5 Å². The Morgan fingerprint density at radius 3 is 2.61 bits per heavy atom. The summed E-state index contributed by atoms with van der Waals surface area (Å²) in [5.41, 5.74) is 1.52. The fourth-order valence-corrected chi connectivity index (χ4v) is 4.36. The molecular formula is C21H26O10. The molecule has 10 heteroatoms. The predicted molar refractivity (Wildman–Crippen MR) is 102 cm³/mol. The third kappa shape index (κ3) is 4.19. The maximum atomic E-state index is 12.1. The zero-order valence-corrected chi connectivity index (χ0v) is 16.8. The summed E-state index contributed by atoms with van der Waals surface area (Å²) in [7, 11) is 0. The summed E-state index contributed by atoms with van der Waals surface area (Å²) in [5.74, 6) is -1.46. The van der Waals surface area contributed by atoms with Gasteiger partial charge >= 0.3 is 11.9 Å². The van der Waals surface area contributed by atoms with Gasteiger partial charge in [-0.05, 0) is 24.5 Å². The molecule has 0 saturated carbocycles. The standard InChI is InChI=1S/C21H26O10/c1-9-15-12(29-19(9)26)5-10(3-2-4-11-6-13(15)30-20(11)27)8-28-21-18(25)17(24)16(23)14(7-22)31-21/h4-5,12-18,21-25H,1-3,6-8H2/b10-5+,11-4-/t12-,13+,14-,15+,16-,17+,18-,21-/m1/s1. The summed E-state index contributed by atoms with van der Waals surface area (Å²) < 4.78 is 21.9. The van der Waals surface area contributed by atoms with Crippen molar-refractivity contribution in [2.75, 3.05) is 13.2 Å². The van der Waals surface area contributed by atoms with Gasteiger partial charge in [-0.15, -0.1) is 0 Å². The van der Waals surface area contributed by atoms with Crippen LogP contribution in [0.3, 0.4) is 0 Å². The lowest BCUT2D eigenvalue weighted by Gasteiger charge is -2.39. The number of allylic oxidation sites excluding steroid dienone is 1. The van der Waals surface area contributed by atoms with Crippen molar-refractivity contribution in [3.63, 3.8) is 0 Å². The van der Waals surface area contributed by atoms with Gasteiger partial charge in [0.1, 0.15) is 36.6 Å². The summed E-state index contributed by atoms with van der Waals surface area (Å²) >= 11 is 0. The lowest BCUT2D eigenvalue weighted by Crippen LogP contribution is -2.59. The van der Waals surface area contributed by atoms with Crippen LogP contribution in [-0.4, -0.2) is 88.5 Å². The zero-order chi connectivity index (χ0) is 22.3. The Bertz CT molecular complexity index is 815. The van der Waals surface area contributed by atoms with E-state index in [9.17, 15) is 30.0 Å². The Labute approximate surface area is 178 Å². The Balaban J connectivity index is 1.52. The molecule has 8 atom stereocenters. The molecule has 3 saturated heterocycles. The summed E-state index contributed by atoms with van der Waals surface area (Å²) in [6.07, 6.45) is -3.18. The van der Waals surface area contributed by atoms with E-state index in [1.165, 1.54) is 0 Å². The van der Waals surface area contributed by atoms with Crippen molar-refractivity contribution in [1.29, 1.82) is 0 Å². The molecule has 4 rings (SSSR count). The van der Waals surface area contributed by atoms with E-state index in [0.29, 0.717) is 24.8 Å². The van der Waals surface area contributed by atoms with Gasteiger partial charge in [0, 0.05) is 17.6 Å². The highest BCUT2D eigenvalue weighted by Crippen LogP contribution is 2.39. The van der Waals surface area contributed by atoms with Crippen LogP contribution >= 0.6 is 0 Å². The molecule has 0 unspecified atom stereocenters. The topological polar surface area (TPSA) is 152 Å². The first-order valence-corrected chi connectivity index (χ1v) is 10.2. The van der Waals surface area contributed by atoms with Gasteiger partial charge in [-0.3, -0.25) is 0 Å². The van der Waals surface area contributed by atoms with Crippen molar-refractivity contribution >= 4 is 11.9 Å². The van der Waals surface area contributed by atoms with Crippen molar-refractivity contribution < 1.29 is 49.0 Å². The Hall–Kier alpha value is -2.08. The second-order valence-corrected chi connectivity index (χ2v) is 8.17. The van der Waals surface area contributed by atoms with Crippen LogP contribution in [-0.2, 0) is 28.5 Å². The largest absolute Gasteiger partial charge is 0.458 e. The first-order valence-electron chi connectivity index (χ1n) is 10.2. The molecule has 0 radical (unpaired) electrons. The number of fused-ring (bicyclic) bond motifs is 4. The quantitative estimate of drug-likeness (QED) is 0.241. The smallest absolute Gasteiger partial charge is 0.334 e. The average molecular weight is 438 g/mol. The van der Waals surface area contributed by atoms with Crippen LogP contribution in [0.1, 0.15) is 19.3 Å². The normalized spacial score (nSPS) is 43.9. The maximum Gasteiger partial charge on any atom is 0.334 e. The Morgan fingerprint density at radius 1 is 1.10 bits per heavy atom. The molecule has 10 nitrogen and oxygen atoms in total. The van der Waals surface area contributed by atoms with Crippen molar-refractivity contribution in [3.8, 4) is 0 Å². The van der Waals surface area contributed by atoms with Crippen LogP contribution in [0.2, 0.25) is 0 Å². The number of rotatable bonds is 4. The van der Waals surface area contributed by atoms with Gasteiger partial charge in [-0.2, -0.15) is 0 Å². The molecule has 0 spiro atoms. The van der Waals surface area contributed by atoms with Gasteiger partial charge in [0.05, 0.1) is 19.1 Å². The van der Waals surface area contributed by atoms with Crippen molar-refractivity contribution in [2.24, 2.45) is 5.92 Å². The highest BCUT2D eigenvalue weighted by Gasteiger charge is 2.48. The van der Waals surface area contributed by atoms with Gasteiger partial charge in [0.2, 0.25) is 0 Å². The molecular weight excluding hydrogens is 412 g/mol. The van der Waals surface area contributed by atoms with Gasteiger partial charge in [-0.1, -0.05) is 12.7 Å². The first kappa shape index (κ1) is 22.1. The molecule has 0 amide bonds. The molecule has 2 bridgehead atoms. The minimum Gasteiger partial charge on any atom is -0.458 e. The summed E-state index contributed by atoms with van der Waals surface area (Å²) in [5, 5.41) is 39.3. The number of ether oxygens (including phenoxy) is 4. The molecule has 0 aromatic carbocycles. The fraction of sp³-hybridized carbons (Fsp3) is 0.619. The number of carbonyl (C=O) groups is 2. The molecule has 3 heterocycles. The molecule has 4 N–H and O–H groups in total. The Morgan fingerprint density at radius 2 is 1.87 bits per heavy atom. The van der Waals surface area contributed by atoms with E-state index in [4.69, 9.17) is 18.9 Å². The van der Waals surface area contributed by atoms with Crippen LogP contribution < -0.4 is 0 Å². The number of aliphatic hydroxyl groups excluding tert-OH is 4. The van der Waals surface area contributed by atoms with Crippen molar-refractivity contribution in [1.82, 2.24) is 0 Å². The zero-order valence-electron chi connectivity index (χ0n) is 16.8. The number of esters is 2. The van der Waals surface area contributed by atoms with Gasteiger partial charge in [0.15, 0.2) is 6.29 Å².